The van der Waals surface area contributed by atoms with Crippen LogP contribution in [0.2, 0.25) is 0 Å². The Morgan fingerprint density at radius 3 is 2.52 bits per heavy atom. The summed E-state index contributed by atoms with van der Waals surface area (Å²) >= 11 is 0. The quantitative estimate of drug-likeness (QED) is 0.253. The molecule has 0 aliphatic rings. The number of nitrogens with one attached hydrogen (secondary N) is 2. The third-order valence-electron chi connectivity index (χ3n) is 4.14. The number of methoxy groups -OCH3 is 1. The number of carbonyl (C=O) groups is 1. The second-order valence-corrected chi connectivity index (χ2v) is 7.96. The van der Waals surface area contributed by atoms with Crippen molar-refractivity contribution in [1.82, 2.24) is 5.43 Å². The summed E-state index contributed by atoms with van der Waals surface area (Å²) in [4.78, 5) is 12.2. The first-order valence-electron chi connectivity index (χ1n) is 8.91. The van der Waals surface area contributed by atoms with E-state index in [1.807, 2.05) is 0 Å². The third kappa shape index (κ3) is 5.31. The van der Waals surface area contributed by atoms with Crippen LogP contribution in [0.5, 0.6) is 17.2 Å². The Balaban J connectivity index is 1.74. The van der Waals surface area contributed by atoms with Gasteiger partial charge in [0.15, 0.2) is 11.5 Å². The number of anilines is 1. The van der Waals surface area contributed by atoms with Crippen LogP contribution >= 0.6 is 0 Å². The number of rotatable bonds is 7. The van der Waals surface area contributed by atoms with Crippen molar-refractivity contribution < 1.29 is 28.2 Å². The number of aromatic hydroxyl groups is 2. The number of carbonyl (C=O) groups excluding carboxylic acids is 1. The molecule has 3 aromatic rings. The van der Waals surface area contributed by atoms with Crippen LogP contribution in [0.4, 0.5) is 5.69 Å². The Labute approximate surface area is 178 Å². The van der Waals surface area contributed by atoms with E-state index in [9.17, 15) is 23.4 Å². The van der Waals surface area contributed by atoms with Crippen molar-refractivity contribution in [2.75, 3.05) is 11.8 Å². The molecule has 3 rings (SSSR count). The first-order chi connectivity index (χ1) is 14.8. The van der Waals surface area contributed by atoms with Gasteiger partial charge in [-0.1, -0.05) is 18.2 Å². The number of nitrogens with zero attached hydrogens (tertiary/aromatic N) is 1. The molecule has 4 N–H and O–H groups in total. The van der Waals surface area contributed by atoms with Crippen LogP contribution in [0.1, 0.15) is 15.9 Å². The average molecular weight is 441 g/mol. The zero-order chi connectivity index (χ0) is 22.4. The molecule has 0 aliphatic heterocycles. The Morgan fingerprint density at radius 2 is 1.77 bits per heavy atom. The SMILES string of the molecule is COc1ccccc1NS(=O)(=O)c1cccc(C(=O)N/N=C/c2ccc(O)c(O)c2)c1. The van der Waals surface area contributed by atoms with Gasteiger partial charge in [-0.3, -0.25) is 9.52 Å². The molecule has 160 valence electrons. The molecule has 0 spiro atoms. The number of benzene rings is 3. The molecule has 0 radical (unpaired) electrons. The van der Waals surface area contributed by atoms with Crippen LogP contribution in [-0.4, -0.2) is 37.9 Å². The predicted molar refractivity (Wildman–Crippen MR) is 115 cm³/mol. The highest BCUT2D eigenvalue weighted by Gasteiger charge is 2.18. The summed E-state index contributed by atoms with van der Waals surface area (Å²) in [6.45, 7) is 0. The van der Waals surface area contributed by atoms with Gasteiger partial charge in [-0.25, -0.2) is 13.8 Å². The van der Waals surface area contributed by atoms with Crippen molar-refractivity contribution >= 4 is 27.8 Å². The van der Waals surface area contributed by atoms with Crippen LogP contribution in [0, 0.1) is 0 Å². The summed E-state index contributed by atoms with van der Waals surface area (Å²) in [6, 6.07) is 16.0. The van der Waals surface area contributed by atoms with Crippen molar-refractivity contribution in [1.29, 1.82) is 0 Å². The highest BCUT2D eigenvalue weighted by Crippen LogP contribution is 2.26. The van der Waals surface area contributed by atoms with E-state index in [4.69, 9.17) is 4.74 Å². The van der Waals surface area contributed by atoms with E-state index in [2.05, 4.69) is 15.2 Å². The molecule has 0 unspecified atom stereocenters. The number of para-hydroxylation sites is 2. The second-order valence-electron chi connectivity index (χ2n) is 6.28. The molecule has 3 aromatic carbocycles. The van der Waals surface area contributed by atoms with E-state index in [0.29, 0.717) is 11.3 Å². The molecule has 0 heterocycles. The number of hydrogen-bond acceptors (Lipinski definition) is 7. The number of hydrazone groups is 1. The van der Waals surface area contributed by atoms with Crippen LogP contribution in [0.25, 0.3) is 0 Å². The predicted octanol–water partition coefficient (Wildman–Crippen LogP) is 2.67. The molecule has 0 saturated carbocycles. The topological polar surface area (TPSA) is 137 Å². The molecule has 9 nitrogen and oxygen atoms in total. The summed E-state index contributed by atoms with van der Waals surface area (Å²) in [5.74, 6) is -0.875. The van der Waals surface area contributed by atoms with Crippen LogP contribution in [-0.2, 0) is 10.0 Å². The molecule has 0 aliphatic carbocycles. The molecule has 10 heteroatoms. The molecule has 0 aromatic heterocycles. The smallest absolute Gasteiger partial charge is 0.271 e. The third-order valence-corrected chi connectivity index (χ3v) is 5.50. The van der Waals surface area contributed by atoms with Crippen molar-refractivity contribution in [3.8, 4) is 17.2 Å². The summed E-state index contributed by atoms with van der Waals surface area (Å²) in [6.07, 6.45) is 1.26. The lowest BCUT2D eigenvalue weighted by Crippen LogP contribution is -2.19. The normalized spacial score (nSPS) is 11.3. The molecular formula is C21H19N3O6S. The minimum atomic E-state index is -3.97. The Kier molecular flexibility index (Phi) is 6.41. The Hall–Kier alpha value is -4.05. The number of sulfonamides is 1. The second kappa shape index (κ2) is 9.18. The van der Waals surface area contributed by atoms with Gasteiger partial charge < -0.3 is 14.9 Å². The van der Waals surface area contributed by atoms with Gasteiger partial charge in [0.05, 0.1) is 23.9 Å². The fourth-order valence-corrected chi connectivity index (χ4v) is 3.70. The highest BCUT2D eigenvalue weighted by atomic mass is 32.2. The van der Waals surface area contributed by atoms with Gasteiger partial charge in [0, 0.05) is 5.56 Å². The Bertz CT molecular complexity index is 1240. The largest absolute Gasteiger partial charge is 0.504 e. The van der Waals surface area contributed by atoms with E-state index in [-0.39, 0.29) is 27.6 Å². The molecular weight excluding hydrogens is 422 g/mol. The fraction of sp³-hybridized carbons (Fsp3) is 0.0476. The van der Waals surface area contributed by atoms with Crippen LogP contribution < -0.4 is 14.9 Å². The summed E-state index contributed by atoms with van der Waals surface area (Å²) in [5, 5.41) is 22.5. The maximum absolute atomic E-state index is 12.7. The van der Waals surface area contributed by atoms with E-state index in [0.717, 1.165) is 0 Å². The lowest BCUT2D eigenvalue weighted by atomic mass is 10.2. The van der Waals surface area contributed by atoms with Crippen molar-refractivity contribution in [3.63, 3.8) is 0 Å². The molecule has 0 fully saturated rings. The zero-order valence-corrected chi connectivity index (χ0v) is 17.1. The summed E-state index contributed by atoms with van der Waals surface area (Å²) in [7, 11) is -2.55. The standard InChI is InChI=1S/C21H19N3O6S/c1-30-20-8-3-2-7-17(20)24-31(28,29)16-6-4-5-15(12-16)21(27)23-22-13-14-9-10-18(25)19(26)11-14/h2-13,24-26H,1H3,(H,23,27)/b22-13+. The first kappa shape index (κ1) is 21.7. The van der Waals surface area contributed by atoms with Gasteiger partial charge in [0.25, 0.3) is 15.9 Å². The number of phenols is 2. The lowest BCUT2D eigenvalue weighted by Gasteiger charge is -2.12. The number of hydrogen-bond donors (Lipinski definition) is 4. The van der Waals surface area contributed by atoms with Crippen molar-refractivity contribution in [2.45, 2.75) is 4.90 Å². The summed E-state index contributed by atoms with van der Waals surface area (Å²) in [5.41, 5.74) is 3.06. The first-order valence-corrected chi connectivity index (χ1v) is 10.4. The average Bonchev–Trinajstić information content (AvgIpc) is 2.76. The lowest BCUT2D eigenvalue weighted by molar-refractivity contribution is 0.0955. The van der Waals surface area contributed by atoms with Gasteiger partial charge >= 0.3 is 0 Å². The van der Waals surface area contributed by atoms with Gasteiger partial charge in [-0.15, -0.1) is 0 Å². The Morgan fingerprint density at radius 1 is 1.00 bits per heavy atom. The number of phenolic OH excluding ortho intramolecular Hbond substituents is 2. The maximum Gasteiger partial charge on any atom is 0.271 e. The maximum atomic E-state index is 12.7. The highest BCUT2D eigenvalue weighted by molar-refractivity contribution is 7.92. The van der Waals surface area contributed by atoms with Crippen molar-refractivity contribution in [3.05, 3.63) is 77.9 Å². The van der Waals surface area contributed by atoms with E-state index >= 15 is 0 Å². The van der Waals surface area contributed by atoms with E-state index in [1.54, 1.807) is 24.3 Å². The van der Waals surface area contributed by atoms with Gasteiger partial charge in [-0.2, -0.15) is 5.10 Å². The minimum Gasteiger partial charge on any atom is -0.504 e. The van der Waals surface area contributed by atoms with Crippen molar-refractivity contribution in [2.24, 2.45) is 5.10 Å². The molecule has 0 atom stereocenters. The molecule has 31 heavy (non-hydrogen) atoms. The van der Waals surface area contributed by atoms with E-state index in [1.165, 1.54) is 55.8 Å². The minimum absolute atomic E-state index is 0.0774. The number of amides is 1. The number of ether oxygens (including phenoxy) is 1. The molecule has 0 bridgehead atoms. The molecule has 0 saturated heterocycles. The summed E-state index contributed by atoms with van der Waals surface area (Å²) < 4.78 is 33.0. The van der Waals surface area contributed by atoms with Crippen LogP contribution in [0.3, 0.4) is 0 Å². The monoisotopic (exact) mass is 441 g/mol. The molecule has 1 amide bonds. The van der Waals surface area contributed by atoms with Gasteiger partial charge in [-0.05, 0) is 54.1 Å². The zero-order valence-electron chi connectivity index (χ0n) is 16.3. The van der Waals surface area contributed by atoms with Gasteiger partial charge in [0.2, 0.25) is 0 Å². The van der Waals surface area contributed by atoms with E-state index < -0.39 is 15.9 Å². The van der Waals surface area contributed by atoms with Crippen LogP contribution in [0.15, 0.2) is 76.7 Å². The fourth-order valence-electron chi connectivity index (χ4n) is 2.59. The van der Waals surface area contributed by atoms with Gasteiger partial charge in [0.1, 0.15) is 5.75 Å².